The molecule has 2 unspecified atom stereocenters. The van der Waals surface area contributed by atoms with Crippen molar-refractivity contribution in [1.29, 1.82) is 0 Å². The summed E-state index contributed by atoms with van der Waals surface area (Å²) in [6.07, 6.45) is 0.0375. The van der Waals surface area contributed by atoms with E-state index in [0.29, 0.717) is 24.1 Å². The maximum atomic E-state index is 12.6. The van der Waals surface area contributed by atoms with Gasteiger partial charge in [-0.25, -0.2) is 4.98 Å². The van der Waals surface area contributed by atoms with Crippen molar-refractivity contribution in [2.24, 2.45) is 11.8 Å². The standard InChI is InChI=1S/C13H18F3N3/c1-8-2-3-9(4-8)6-18-11-5-12(13(14,15)16)19-7-10(11)17/h5,7-9H,2-4,6,17H2,1H3,(H,18,19). The van der Waals surface area contributed by atoms with Crippen LogP contribution in [0.2, 0.25) is 0 Å². The van der Waals surface area contributed by atoms with E-state index in [0.717, 1.165) is 25.1 Å². The summed E-state index contributed by atoms with van der Waals surface area (Å²) in [4.78, 5) is 3.31. The van der Waals surface area contributed by atoms with Crippen LogP contribution in [-0.4, -0.2) is 11.5 Å². The zero-order chi connectivity index (χ0) is 14.0. The van der Waals surface area contributed by atoms with Crippen LogP contribution >= 0.6 is 0 Å². The molecule has 0 spiro atoms. The van der Waals surface area contributed by atoms with E-state index in [1.807, 2.05) is 0 Å². The van der Waals surface area contributed by atoms with E-state index in [2.05, 4.69) is 17.2 Å². The summed E-state index contributed by atoms with van der Waals surface area (Å²) in [6, 6.07) is 0.980. The number of nitrogens with zero attached hydrogens (tertiary/aromatic N) is 1. The molecule has 19 heavy (non-hydrogen) atoms. The van der Waals surface area contributed by atoms with Gasteiger partial charge in [0.2, 0.25) is 0 Å². The molecule has 0 bridgehead atoms. The van der Waals surface area contributed by atoms with Gasteiger partial charge in [0.25, 0.3) is 0 Å². The van der Waals surface area contributed by atoms with E-state index in [-0.39, 0.29) is 5.69 Å². The summed E-state index contributed by atoms with van der Waals surface area (Å²) in [5.41, 5.74) is 5.31. The van der Waals surface area contributed by atoms with Gasteiger partial charge in [-0.15, -0.1) is 0 Å². The molecule has 3 nitrogen and oxygen atoms in total. The molecule has 1 aromatic heterocycles. The lowest BCUT2D eigenvalue weighted by atomic mass is 10.1. The number of nitrogens with one attached hydrogen (secondary N) is 1. The average Bonchev–Trinajstić information content (AvgIpc) is 2.72. The fraction of sp³-hybridized carbons (Fsp3) is 0.615. The van der Waals surface area contributed by atoms with E-state index < -0.39 is 11.9 Å². The van der Waals surface area contributed by atoms with Gasteiger partial charge in [-0.05, 0) is 30.7 Å². The Morgan fingerprint density at radius 1 is 1.42 bits per heavy atom. The Hall–Kier alpha value is -1.46. The molecule has 0 amide bonds. The Morgan fingerprint density at radius 2 is 2.16 bits per heavy atom. The van der Waals surface area contributed by atoms with Crippen LogP contribution < -0.4 is 11.1 Å². The predicted octanol–water partition coefficient (Wildman–Crippen LogP) is 3.53. The van der Waals surface area contributed by atoms with Crippen LogP contribution in [0.5, 0.6) is 0 Å². The van der Waals surface area contributed by atoms with Crippen molar-refractivity contribution in [2.75, 3.05) is 17.6 Å². The van der Waals surface area contributed by atoms with Gasteiger partial charge in [-0.2, -0.15) is 13.2 Å². The van der Waals surface area contributed by atoms with E-state index in [4.69, 9.17) is 5.73 Å². The number of hydrogen-bond donors (Lipinski definition) is 2. The van der Waals surface area contributed by atoms with Crippen molar-refractivity contribution in [3.8, 4) is 0 Å². The van der Waals surface area contributed by atoms with Crippen molar-refractivity contribution in [2.45, 2.75) is 32.4 Å². The first-order chi connectivity index (χ1) is 8.86. The Kier molecular flexibility index (Phi) is 3.87. The number of rotatable bonds is 3. The molecule has 1 aliphatic carbocycles. The third-order valence-electron chi connectivity index (χ3n) is 3.61. The molecule has 0 saturated heterocycles. The summed E-state index contributed by atoms with van der Waals surface area (Å²) in [5.74, 6) is 1.21. The van der Waals surface area contributed by atoms with Gasteiger partial charge >= 0.3 is 6.18 Å². The molecular formula is C13H18F3N3. The van der Waals surface area contributed by atoms with Crippen LogP contribution in [0.25, 0.3) is 0 Å². The number of halogens is 3. The van der Waals surface area contributed by atoms with Crippen LogP contribution in [-0.2, 0) is 6.18 Å². The molecule has 1 aliphatic rings. The number of alkyl halides is 3. The minimum Gasteiger partial charge on any atom is -0.396 e. The summed E-state index contributed by atoms with van der Waals surface area (Å²) in [7, 11) is 0. The lowest BCUT2D eigenvalue weighted by Gasteiger charge is -2.15. The highest BCUT2D eigenvalue weighted by molar-refractivity contribution is 5.65. The van der Waals surface area contributed by atoms with Crippen LogP contribution in [0.1, 0.15) is 31.9 Å². The highest BCUT2D eigenvalue weighted by Gasteiger charge is 2.33. The van der Waals surface area contributed by atoms with Crippen LogP contribution in [0.4, 0.5) is 24.5 Å². The third kappa shape index (κ3) is 3.52. The number of pyridine rings is 1. The maximum absolute atomic E-state index is 12.6. The lowest BCUT2D eigenvalue weighted by molar-refractivity contribution is -0.141. The quantitative estimate of drug-likeness (QED) is 0.885. The smallest absolute Gasteiger partial charge is 0.396 e. The molecule has 0 radical (unpaired) electrons. The Labute approximate surface area is 110 Å². The van der Waals surface area contributed by atoms with Crippen LogP contribution in [0.3, 0.4) is 0 Å². The van der Waals surface area contributed by atoms with Crippen molar-refractivity contribution in [3.63, 3.8) is 0 Å². The van der Waals surface area contributed by atoms with Crippen LogP contribution in [0.15, 0.2) is 12.3 Å². The van der Waals surface area contributed by atoms with Gasteiger partial charge in [0, 0.05) is 6.54 Å². The molecule has 0 aliphatic heterocycles. The van der Waals surface area contributed by atoms with Gasteiger partial charge < -0.3 is 11.1 Å². The number of aromatic nitrogens is 1. The first kappa shape index (κ1) is 14.0. The number of hydrogen-bond acceptors (Lipinski definition) is 3. The summed E-state index contributed by atoms with van der Waals surface area (Å²) >= 11 is 0. The van der Waals surface area contributed by atoms with Gasteiger partial charge in [-0.1, -0.05) is 13.3 Å². The molecule has 106 valence electrons. The molecular weight excluding hydrogens is 255 g/mol. The molecule has 1 saturated carbocycles. The Bertz CT molecular complexity index is 445. The second-order valence-electron chi connectivity index (χ2n) is 5.32. The highest BCUT2D eigenvalue weighted by Crippen LogP contribution is 2.33. The fourth-order valence-electron chi connectivity index (χ4n) is 2.54. The van der Waals surface area contributed by atoms with E-state index >= 15 is 0 Å². The summed E-state index contributed by atoms with van der Waals surface area (Å²) < 4.78 is 37.7. The van der Waals surface area contributed by atoms with Crippen molar-refractivity contribution >= 4 is 11.4 Å². The zero-order valence-corrected chi connectivity index (χ0v) is 10.8. The van der Waals surface area contributed by atoms with E-state index in [1.165, 1.54) is 6.42 Å². The van der Waals surface area contributed by atoms with Crippen molar-refractivity contribution < 1.29 is 13.2 Å². The molecule has 1 aromatic rings. The van der Waals surface area contributed by atoms with Crippen LogP contribution in [0, 0.1) is 11.8 Å². The lowest BCUT2D eigenvalue weighted by Crippen LogP contribution is -2.15. The van der Waals surface area contributed by atoms with Gasteiger partial charge in [0.1, 0.15) is 5.69 Å². The number of anilines is 2. The fourth-order valence-corrected chi connectivity index (χ4v) is 2.54. The molecule has 6 heteroatoms. The summed E-state index contributed by atoms with van der Waals surface area (Å²) in [6.45, 7) is 2.86. The molecule has 1 fully saturated rings. The Morgan fingerprint density at radius 3 is 2.74 bits per heavy atom. The van der Waals surface area contributed by atoms with Crippen molar-refractivity contribution in [3.05, 3.63) is 18.0 Å². The minimum atomic E-state index is -4.44. The van der Waals surface area contributed by atoms with Gasteiger partial charge in [0.15, 0.2) is 0 Å². The normalized spacial score (nSPS) is 23.6. The topological polar surface area (TPSA) is 50.9 Å². The largest absolute Gasteiger partial charge is 0.433 e. The molecule has 2 rings (SSSR count). The number of nitrogens with two attached hydrogens (primary N) is 1. The molecule has 0 aromatic carbocycles. The first-order valence-electron chi connectivity index (χ1n) is 6.43. The third-order valence-corrected chi connectivity index (χ3v) is 3.61. The van der Waals surface area contributed by atoms with Gasteiger partial charge in [0.05, 0.1) is 17.6 Å². The molecule has 3 N–H and O–H groups in total. The molecule has 1 heterocycles. The predicted molar refractivity (Wildman–Crippen MR) is 68.6 cm³/mol. The highest BCUT2D eigenvalue weighted by atomic mass is 19.4. The SMILES string of the molecule is CC1CCC(CNc2cc(C(F)(F)F)ncc2N)C1. The first-order valence-corrected chi connectivity index (χ1v) is 6.43. The maximum Gasteiger partial charge on any atom is 0.433 e. The average molecular weight is 273 g/mol. The zero-order valence-electron chi connectivity index (χ0n) is 10.8. The minimum absolute atomic E-state index is 0.249. The second-order valence-corrected chi connectivity index (χ2v) is 5.32. The monoisotopic (exact) mass is 273 g/mol. The van der Waals surface area contributed by atoms with E-state index in [1.54, 1.807) is 0 Å². The molecule has 2 atom stereocenters. The summed E-state index contributed by atoms with van der Waals surface area (Å²) in [5, 5.41) is 3.02. The van der Waals surface area contributed by atoms with E-state index in [9.17, 15) is 13.2 Å². The Balaban J connectivity index is 2.03. The second kappa shape index (κ2) is 5.27. The van der Waals surface area contributed by atoms with Crippen molar-refractivity contribution in [1.82, 2.24) is 4.98 Å². The van der Waals surface area contributed by atoms with Gasteiger partial charge in [-0.3, -0.25) is 0 Å². The number of nitrogen functional groups attached to an aromatic ring is 1.